The predicted octanol–water partition coefficient (Wildman–Crippen LogP) is 1.75. The van der Waals surface area contributed by atoms with Crippen molar-refractivity contribution in [3.05, 3.63) is 36.4 Å². The van der Waals surface area contributed by atoms with Crippen LogP contribution in [-0.4, -0.2) is 21.1 Å². The Balaban J connectivity index is 2.09. The summed E-state index contributed by atoms with van der Waals surface area (Å²) in [5.74, 6) is -0.116. The first kappa shape index (κ1) is 15.6. The number of benzene rings is 1. The van der Waals surface area contributed by atoms with Gasteiger partial charge >= 0.3 is 0 Å². The van der Waals surface area contributed by atoms with E-state index in [0.29, 0.717) is 17.4 Å². The SMILES string of the molecule is CC(C)CC(N)C(=O)NS(=O)c1ccc2ccccc2n1. The Bertz CT molecular complexity index is 673. The Hall–Kier alpha value is -1.79. The zero-order valence-electron chi connectivity index (χ0n) is 12.1. The van der Waals surface area contributed by atoms with E-state index < -0.39 is 22.9 Å². The molecule has 2 aromatic rings. The molecule has 3 N–H and O–H groups in total. The minimum absolute atomic E-state index is 0.304. The maximum absolute atomic E-state index is 12.2. The normalized spacial score (nSPS) is 14.1. The second-order valence-electron chi connectivity index (χ2n) is 5.31. The third-order valence-electron chi connectivity index (χ3n) is 3.02. The van der Waals surface area contributed by atoms with Crippen LogP contribution in [0.4, 0.5) is 0 Å². The van der Waals surface area contributed by atoms with Gasteiger partial charge in [-0.3, -0.25) is 9.52 Å². The van der Waals surface area contributed by atoms with Crippen LogP contribution in [0.3, 0.4) is 0 Å². The minimum atomic E-state index is -1.70. The van der Waals surface area contributed by atoms with Crippen LogP contribution in [-0.2, 0) is 15.8 Å². The molecule has 2 rings (SSSR count). The van der Waals surface area contributed by atoms with Crippen molar-refractivity contribution in [1.29, 1.82) is 0 Å². The molecule has 1 aromatic heterocycles. The number of amides is 1. The monoisotopic (exact) mass is 305 g/mol. The van der Waals surface area contributed by atoms with Gasteiger partial charge < -0.3 is 5.73 Å². The Morgan fingerprint density at radius 2 is 2.00 bits per heavy atom. The van der Waals surface area contributed by atoms with Crippen LogP contribution in [0.5, 0.6) is 0 Å². The molecule has 6 heteroatoms. The van der Waals surface area contributed by atoms with Crippen LogP contribution in [0, 0.1) is 5.92 Å². The molecule has 0 saturated heterocycles. The van der Waals surface area contributed by atoms with Crippen molar-refractivity contribution in [2.24, 2.45) is 11.7 Å². The second-order valence-corrected chi connectivity index (χ2v) is 6.47. The standard InChI is InChI=1S/C15H19N3O2S/c1-10(2)9-12(16)15(19)18-21(20)14-8-7-11-5-3-4-6-13(11)17-14/h3-8,10,12H,9,16H2,1-2H3,(H,18,19). The zero-order chi connectivity index (χ0) is 15.4. The summed E-state index contributed by atoms with van der Waals surface area (Å²) in [6, 6.07) is 10.3. The topological polar surface area (TPSA) is 85.1 Å². The van der Waals surface area contributed by atoms with E-state index in [1.54, 1.807) is 6.07 Å². The van der Waals surface area contributed by atoms with Crippen molar-refractivity contribution in [3.8, 4) is 0 Å². The van der Waals surface area contributed by atoms with E-state index >= 15 is 0 Å². The van der Waals surface area contributed by atoms with Gasteiger partial charge in [0.05, 0.1) is 11.6 Å². The van der Waals surface area contributed by atoms with E-state index in [1.165, 1.54) is 0 Å². The second kappa shape index (κ2) is 6.78. The summed E-state index contributed by atoms with van der Waals surface area (Å²) < 4.78 is 14.6. The molecule has 0 aliphatic heterocycles. The molecule has 0 fully saturated rings. The van der Waals surface area contributed by atoms with Gasteiger partial charge in [0, 0.05) is 5.39 Å². The van der Waals surface area contributed by atoms with Gasteiger partial charge in [-0.1, -0.05) is 32.0 Å². The van der Waals surface area contributed by atoms with Gasteiger partial charge in [-0.25, -0.2) is 9.19 Å². The number of rotatable bonds is 5. The molecule has 2 atom stereocenters. The first-order valence-electron chi connectivity index (χ1n) is 6.81. The lowest BCUT2D eigenvalue weighted by molar-refractivity contribution is -0.120. The fourth-order valence-electron chi connectivity index (χ4n) is 1.98. The van der Waals surface area contributed by atoms with E-state index in [0.717, 1.165) is 10.9 Å². The number of para-hydroxylation sites is 1. The van der Waals surface area contributed by atoms with Crippen molar-refractivity contribution in [2.45, 2.75) is 31.3 Å². The first-order valence-corrected chi connectivity index (χ1v) is 7.96. The number of nitrogens with two attached hydrogens (primary N) is 1. The third kappa shape index (κ3) is 4.09. The van der Waals surface area contributed by atoms with Crippen LogP contribution in [0.25, 0.3) is 10.9 Å². The molecule has 1 amide bonds. The van der Waals surface area contributed by atoms with Crippen LogP contribution in [0.15, 0.2) is 41.4 Å². The number of nitrogens with zero attached hydrogens (tertiary/aromatic N) is 1. The lowest BCUT2D eigenvalue weighted by atomic mass is 10.0. The Morgan fingerprint density at radius 1 is 1.29 bits per heavy atom. The molecule has 0 saturated carbocycles. The number of fused-ring (bicyclic) bond motifs is 1. The molecule has 2 unspecified atom stereocenters. The molecular weight excluding hydrogens is 286 g/mol. The van der Waals surface area contributed by atoms with E-state index in [9.17, 15) is 9.00 Å². The van der Waals surface area contributed by atoms with Crippen LogP contribution in [0.2, 0.25) is 0 Å². The highest BCUT2D eigenvalue weighted by molar-refractivity contribution is 7.83. The average molecular weight is 305 g/mol. The number of hydrogen-bond acceptors (Lipinski definition) is 4. The van der Waals surface area contributed by atoms with Crippen molar-refractivity contribution in [3.63, 3.8) is 0 Å². The van der Waals surface area contributed by atoms with Gasteiger partial charge in [0.15, 0.2) is 11.0 Å². The van der Waals surface area contributed by atoms with Gasteiger partial charge in [-0.2, -0.15) is 0 Å². The van der Waals surface area contributed by atoms with Crippen LogP contribution >= 0.6 is 0 Å². The summed E-state index contributed by atoms with van der Waals surface area (Å²) >= 11 is 0. The van der Waals surface area contributed by atoms with Gasteiger partial charge in [-0.15, -0.1) is 0 Å². The molecule has 0 radical (unpaired) electrons. The van der Waals surface area contributed by atoms with Gasteiger partial charge in [-0.05, 0) is 30.5 Å². The molecule has 112 valence electrons. The molecule has 0 spiro atoms. The molecule has 5 nitrogen and oxygen atoms in total. The highest BCUT2D eigenvalue weighted by atomic mass is 32.2. The average Bonchev–Trinajstić information content (AvgIpc) is 2.45. The fourth-order valence-corrected chi connectivity index (χ4v) is 2.80. The number of hydrogen-bond donors (Lipinski definition) is 2. The van der Waals surface area contributed by atoms with Crippen molar-refractivity contribution < 1.29 is 9.00 Å². The van der Waals surface area contributed by atoms with Crippen molar-refractivity contribution in [2.75, 3.05) is 0 Å². The van der Waals surface area contributed by atoms with E-state index in [-0.39, 0.29) is 0 Å². The van der Waals surface area contributed by atoms with Gasteiger partial charge in [0.25, 0.3) is 0 Å². The van der Waals surface area contributed by atoms with E-state index in [2.05, 4.69) is 9.71 Å². The molecular formula is C15H19N3O2S. The summed E-state index contributed by atoms with van der Waals surface area (Å²) in [6.45, 7) is 3.96. The summed E-state index contributed by atoms with van der Waals surface area (Å²) in [6.07, 6.45) is 0.550. The lowest BCUT2D eigenvalue weighted by Gasteiger charge is -2.13. The number of aromatic nitrogens is 1. The maximum Gasteiger partial charge on any atom is 0.248 e. The van der Waals surface area contributed by atoms with Crippen LogP contribution in [0.1, 0.15) is 20.3 Å². The Labute approximate surface area is 126 Å². The highest BCUT2D eigenvalue weighted by Gasteiger charge is 2.18. The first-order chi connectivity index (χ1) is 9.97. The Kier molecular flexibility index (Phi) is 5.03. The van der Waals surface area contributed by atoms with Crippen molar-refractivity contribution >= 4 is 27.8 Å². The maximum atomic E-state index is 12.2. The summed E-state index contributed by atoms with van der Waals surface area (Å²) in [5, 5.41) is 1.28. The minimum Gasteiger partial charge on any atom is -0.320 e. The number of carbonyl (C=O) groups is 1. The number of nitrogens with one attached hydrogen (secondary N) is 1. The molecule has 0 aliphatic carbocycles. The Morgan fingerprint density at radius 3 is 2.71 bits per heavy atom. The van der Waals surface area contributed by atoms with E-state index in [1.807, 2.05) is 44.2 Å². The smallest absolute Gasteiger partial charge is 0.248 e. The summed E-state index contributed by atoms with van der Waals surface area (Å²) in [7, 11) is -1.70. The fraction of sp³-hybridized carbons (Fsp3) is 0.333. The molecule has 1 heterocycles. The highest BCUT2D eigenvalue weighted by Crippen LogP contribution is 2.13. The number of carbonyl (C=O) groups excluding carboxylic acids is 1. The predicted molar refractivity (Wildman–Crippen MR) is 83.7 cm³/mol. The summed E-state index contributed by atoms with van der Waals surface area (Å²) in [5.41, 5.74) is 6.51. The van der Waals surface area contributed by atoms with Gasteiger partial charge in [0.2, 0.25) is 5.91 Å². The largest absolute Gasteiger partial charge is 0.320 e. The van der Waals surface area contributed by atoms with E-state index in [4.69, 9.17) is 5.73 Å². The number of pyridine rings is 1. The molecule has 1 aromatic carbocycles. The van der Waals surface area contributed by atoms with Gasteiger partial charge in [0.1, 0.15) is 5.03 Å². The molecule has 0 aliphatic rings. The lowest BCUT2D eigenvalue weighted by Crippen LogP contribution is -2.42. The summed E-state index contributed by atoms with van der Waals surface area (Å²) in [4.78, 5) is 16.2. The molecule has 21 heavy (non-hydrogen) atoms. The quantitative estimate of drug-likeness (QED) is 0.881. The third-order valence-corrected chi connectivity index (χ3v) is 4.01. The van der Waals surface area contributed by atoms with Crippen molar-refractivity contribution in [1.82, 2.24) is 9.71 Å². The zero-order valence-corrected chi connectivity index (χ0v) is 12.9. The van der Waals surface area contributed by atoms with Crippen LogP contribution < -0.4 is 10.5 Å². The molecule has 0 bridgehead atoms.